The summed E-state index contributed by atoms with van der Waals surface area (Å²) in [7, 11) is 0. The average molecular weight is 230 g/mol. The molecule has 1 aliphatic rings. The van der Waals surface area contributed by atoms with E-state index in [1.165, 1.54) is 24.6 Å². The molecule has 0 unspecified atom stereocenters. The van der Waals surface area contributed by atoms with Crippen LogP contribution in [0.15, 0.2) is 18.2 Å². The Bertz CT molecular complexity index is 324. The molecule has 1 heterocycles. The van der Waals surface area contributed by atoms with Crippen molar-refractivity contribution in [2.75, 3.05) is 11.5 Å². The second kappa shape index (κ2) is 4.45. The van der Waals surface area contributed by atoms with Gasteiger partial charge in [0.2, 0.25) is 0 Å². The van der Waals surface area contributed by atoms with Gasteiger partial charge in [0.25, 0.3) is 0 Å². The normalized spacial score (nSPS) is 18.4. The summed E-state index contributed by atoms with van der Waals surface area (Å²) in [5.41, 5.74) is 0.722. The van der Waals surface area contributed by atoms with Crippen molar-refractivity contribution in [3.63, 3.8) is 0 Å². The van der Waals surface area contributed by atoms with Crippen LogP contribution in [-0.4, -0.2) is 16.6 Å². The maximum absolute atomic E-state index is 13.0. The summed E-state index contributed by atoms with van der Waals surface area (Å²) in [5.74, 6) is 2.12. The molecule has 1 aliphatic heterocycles. The smallest absolute Gasteiger partial charge is 0.123 e. The fourth-order valence-corrected chi connectivity index (χ4v) is 4.31. The lowest BCUT2D eigenvalue weighted by molar-refractivity contribution is 0.468. The summed E-state index contributed by atoms with van der Waals surface area (Å²) in [5, 5.41) is 9.59. The van der Waals surface area contributed by atoms with Gasteiger partial charge in [-0.25, -0.2) is 4.39 Å². The summed E-state index contributed by atoms with van der Waals surface area (Å²) in [6, 6.07) is 4.16. The Hall–Kier alpha value is -0.350. The zero-order chi connectivity index (χ0) is 9.97. The molecule has 76 valence electrons. The van der Waals surface area contributed by atoms with Gasteiger partial charge in [0, 0.05) is 5.56 Å². The van der Waals surface area contributed by atoms with Gasteiger partial charge in [-0.3, -0.25) is 0 Å². The van der Waals surface area contributed by atoms with Gasteiger partial charge >= 0.3 is 0 Å². The van der Waals surface area contributed by atoms with Crippen LogP contribution in [0.5, 0.6) is 5.75 Å². The molecule has 0 spiro atoms. The first kappa shape index (κ1) is 10.2. The first-order valence-electron chi connectivity index (χ1n) is 4.49. The Morgan fingerprint density at radius 2 is 2.00 bits per heavy atom. The summed E-state index contributed by atoms with van der Waals surface area (Å²) < 4.78 is 13.2. The van der Waals surface area contributed by atoms with E-state index in [4.69, 9.17) is 0 Å². The Morgan fingerprint density at radius 3 is 2.71 bits per heavy atom. The van der Waals surface area contributed by atoms with E-state index in [2.05, 4.69) is 0 Å². The van der Waals surface area contributed by atoms with E-state index in [1.807, 2.05) is 0 Å². The van der Waals surface area contributed by atoms with Crippen LogP contribution in [0.3, 0.4) is 0 Å². The highest BCUT2D eigenvalue weighted by Crippen LogP contribution is 2.46. The van der Waals surface area contributed by atoms with Crippen molar-refractivity contribution in [1.29, 1.82) is 0 Å². The molecule has 0 aliphatic carbocycles. The average Bonchev–Trinajstić information content (AvgIpc) is 2.23. The summed E-state index contributed by atoms with van der Waals surface area (Å²) >= 11 is 3.55. The molecule has 1 nitrogen and oxygen atoms in total. The van der Waals surface area contributed by atoms with Crippen LogP contribution >= 0.6 is 23.5 Å². The van der Waals surface area contributed by atoms with Crippen LogP contribution in [0.1, 0.15) is 16.6 Å². The highest BCUT2D eigenvalue weighted by molar-refractivity contribution is 8.16. The SMILES string of the molecule is Oc1ccc(F)cc1C1SCCCS1. The topological polar surface area (TPSA) is 20.2 Å². The van der Waals surface area contributed by atoms with E-state index >= 15 is 0 Å². The number of hydrogen-bond donors (Lipinski definition) is 1. The van der Waals surface area contributed by atoms with Gasteiger partial charge in [0.1, 0.15) is 11.6 Å². The number of halogens is 1. The monoisotopic (exact) mass is 230 g/mol. The molecule has 0 saturated carbocycles. The molecule has 1 fully saturated rings. The number of rotatable bonds is 1. The number of phenolic OH excluding ortho intramolecular Hbond substituents is 1. The number of aromatic hydroxyl groups is 1. The minimum atomic E-state index is -0.274. The van der Waals surface area contributed by atoms with Crippen molar-refractivity contribution in [2.24, 2.45) is 0 Å². The minimum absolute atomic E-state index is 0.194. The van der Waals surface area contributed by atoms with Crippen LogP contribution in [-0.2, 0) is 0 Å². The van der Waals surface area contributed by atoms with Gasteiger partial charge < -0.3 is 5.11 Å². The van der Waals surface area contributed by atoms with Gasteiger partial charge in [0.15, 0.2) is 0 Å². The van der Waals surface area contributed by atoms with E-state index in [1.54, 1.807) is 23.5 Å². The lowest BCUT2D eigenvalue weighted by Crippen LogP contribution is -2.00. The van der Waals surface area contributed by atoms with Crippen molar-refractivity contribution in [3.8, 4) is 5.75 Å². The number of thioether (sulfide) groups is 2. The van der Waals surface area contributed by atoms with E-state index in [0.717, 1.165) is 17.1 Å². The maximum atomic E-state index is 13.0. The fraction of sp³-hybridized carbons (Fsp3) is 0.400. The number of phenols is 1. The van der Waals surface area contributed by atoms with Gasteiger partial charge in [-0.05, 0) is 36.1 Å². The van der Waals surface area contributed by atoms with Gasteiger partial charge in [0.05, 0.1) is 4.58 Å². The van der Waals surface area contributed by atoms with Gasteiger partial charge in [-0.15, -0.1) is 23.5 Å². The third-order valence-electron chi connectivity index (χ3n) is 2.07. The van der Waals surface area contributed by atoms with Crippen molar-refractivity contribution in [2.45, 2.75) is 11.0 Å². The predicted molar refractivity (Wildman–Crippen MR) is 60.3 cm³/mol. The molecule has 0 radical (unpaired) electrons. The first-order valence-corrected chi connectivity index (χ1v) is 6.59. The lowest BCUT2D eigenvalue weighted by atomic mass is 10.2. The molecule has 0 atom stereocenters. The number of benzene rings is 1. The van der Waals surface area contributed by atoms with Crippen molar-refractivity contribution >= 4 is 23.5 Å². The fourth-order valence-electron chi connectivity index (χ4n) is 1.38. The molecule has 4 heteroatoms. The van der Waals surface area contributed by atoms with E-state index in [9.17, 15) is 9.50 Å². The molecule has 1 N–H and O–H groups in total. The molecular formula is C10H11FOS2. The Kier molecular flexibility index (Phi) is 3.23. The highest BCUT2D eigenvalue weighted by atomic mass is 32.2. The van der Waals surface area contributed by atoms with Crippen molar-refractivity contribution in [1.82, 2.24) is 0 Å². The summed E-state index contributed by atoms with van der Waals surface area (Å²) in [6.45, 7) is 0. The third-order valence-corrected chi connectivity index (χ3v) is 5.05. The largest absolute Gasteiger partial charge is 0.508 e. The van der Waals surface area contributed by atoms with E-state index in [0.29, 0.717) is 0 Å². The summed E-state index contributed by atoms with van der Waals surface area (Å²) in [6.07, 6.45) is 1.20. The summed E-state index contributed by atoms with van der Waals surface area (Å²) in [4.78, 5) is 0. The second-order valence-corrected chi connectivity index (χ2v) is 5.85. The Labute approximate surface area is 91.1 Å². The van der Waals surface area contributed by atoms with E-state index in [-0.39, 0.29) is 16.1 Å². The number of hydrogen-bond acceptors (Lipinski definition) is 3. The highest BCUT2D eigenvalue weighted by Gasteiger charge is 2.19. The molecule has 1 aromatic carbocycles. The molecule has 1 saturated heterocycles. The molecule has 0 amide bonds. The standard InChI is InChI=1S/C10H11FOS2/c11-7-2-3-9(12)8(6-7)10-13-4-1-5-14-10/h2-3,6,10,12H,1,4-5H2. The molecular weight excluding hydrogens is 219 g/mol. The molecule has 1 aromatic rings. The van der Waals surface area contributed by atoms with Crippen molar-refractivity contribution < 1.29 is 9.50 Å². The Morgan fingerprint density at radius 1 is 1.29 bits per heavy atom. The van der Waals surface area contributed by atoms with Crippen LogP contribution in [0.4, 0.5) is 4.39 Å². The lowest BCUT2D eigenvalue weighted by Gasteiger charge is -2.21. The molecule has 0 bridgehead atoms. The third kappa shape index (κ3) is 2.17. The quantitative estimate of drug-likeness (QED) is 0.798. The first-order chi connectivity index (χ1) is 6.77. The minimum Gasteiger partial charge on any atom is -0.508 e. The molecule has 0 aromatic heterocycles. The molecule has 2 rings (SSSR count). The van der Waals surface area contributed by atoms with Crippen LogP contribution in [0.25, 0.3) is 0 Å². The van der Waals surface area contributed by atoms with Crippen LogP contribution < -0.4 is 0 Å². The van der Waals surface area contributed by atoms with E-state index < -0.39 is 0 Å². The van der Waals surface area contributed by atoms with Crippen LogP contribution in [0, 0.1) is 5.82 Å². The van der Waals surface area contributed by atoms with Gasteiger partial charge in [-0.1, -0.05) is 0 Å². The van der Waals surface area contributed by atoms with Crippen LogP contribution in [0.2, 0.25) is 0 Å². The Balaban J connectivity index is 2.24. The maximum Gasteiger partial charge on any atom is 0.123 e. The van der Waals surface area contributed by atoms with Crippen molar-refractivity contribution in [3.05, 3.63) is 29.6 Å². The zero-order valence-electron chi connectivity index (χ0n) is 7.57. The molecule has 14 heavy (non-hydrogen) atoms. The van der Waals surface area contributed by atoms with Gasteiger partial charge in [-0.2, -0.15) is 0 Å². The zero-order valence-corrected chi connectivity index (χ0v) is 9.21. The second-order valence-electron chi connectivity index (χ2n) is 3.13. The predicted octanol–water partition coefficient (Wildman–Crippen LogP) is 3.40.